The van der Waals surface area contributed by atoms with Gasteiger partial charge < -0.3 is 4.90 Å². The van der Waals surface area contributed by atoms with Crippen LogP contribution in [0.5, 0.6) is 0 Å². The number of rotatable bonds is 4. The first kappa shape index (κ1) is 27.3. The van der Waals surface area contributed by atoms with E-state index in [9.17, 15) is 0 Å². The first-order valence-corrected chi connectivity index (χ1v) is 18.7. The summed E-state index contributed by atoms with van der Waals surface area (Å²) in [6.45, 7) is 0. The molecule has 0 N–H and O–H groups in total. The Hall–Kier alpha value is -4.66. The van der Waals surface area contributed by atoms with Crippen molar-refractivity contribution < 1.29 is 0 Å². The van der Waals surface area contributed by atoms with Gasteiger partial charge in [0.25, 0.3) is 0 Å². The maximum absolute atomic E-state index is 2.61. The normalized spacial score (nSPS) is 24.8. The number of thiophene rings is 1. The highest BCUT2D eigenvalue weighted by molar-refractivity contribution is 7.26. The predicted molar refractivity (Wildman–Crippen MR) is 203 cm³/mol. The number of hydrogen-bond acceptors (Lipinski definition) is 2. The fraction of sp³-hybridized carbons (Fsp3) is 0.217. The summed E-state index contributed by atoms with van der Waals surface area (Å²) in [4.78, 5) is 2.44. The summed E-state index contributed by atoms with van der Waals surface area (Å²) < 4.78 is 2.66. The molecule has 0 atom stereocenters. The lowest BCUT2D eigenvalue weighted by atomic mass is 9.43. The molecule has 0 radical (unpaired) electrons. The Morgan fingerprint density at radius 1 is 0.500 bits per heavy atom. The number of anilines is 3. The van der Waals surface area contributed by atoms with Gasteiger partial charge in [-0.05, 0) is 138 Å². The zero-order valence-corrected chi connectivity index (χ0v) is 27.8. The Bertz CT molecular complexity index is 2340. The van der Waals surface area contributed by atoms with Crippen LogP contribution in [0, 0.1) is 23.7 Å². The van der Waals surface area contributed by atoms with Crippen molar-refractivity contribution in [2.75, 3.05) is 4.90 Å². The van der Waals surface area contributed by atoms with Crippen LogP contribution in [0.3, 0.4) is 0 Å². The second kappa shape index (κ2) is 10.2. The Morgan fingerprint density at radius 3 is 1.96 bits per heavy atom. The van der Waals surface area contributed by atoms with Crippen molar-refractivity contribution in [3.05, 3.63) is 151 Å². The third-order valence-electron chi connectivity index (χ3n) is 12.6. The molecule has 4 bridgehead atoms. The fourth-order valence-electron chi connectivity index (χ4n) is 11.1. The summed E-state index contributed by atoms with van der Waals surface area (Å²) in [6.07, 6.45) is 7.16. The number of benzene rings is 6. The van der Waals surface area contributed by atoms with Crippen molar-refractivity contribution in [2.45, 2.75) is 37.5 Å². The van der Waals surface area contributed by atoms with Gasteiger partial charge in [-0.25, -0.2) is 0 Å². The molecular weight excluding hydrogens is 599 g/mol. The molecule has 0 amide bonds. The Balaban J connectivity index is 1.04. The van der Waals surface area contributed by atoms with Crippen LogP contribution in [-0.4, -0.2) is 0 Å². The van der Waals surface area contributed by atoms with Crippen LogP contribution < -0.4 is 4.90 Å². The number of fused-ring (bicyclic) bond motifs is 6. The quantitative estimate of drug-likeness (QED) is 0.186. The number of para-hydroxylation sites is 1. The van der Waals surface area contributed by atoms with E-state index in [0.717, 1.165) is 23.7 Å². The molecule has 1 aromatic heterocycles. The summed E-state index contributed by atoms with van der Waals surface area (Å²) in [5.74, 6) is 3.47. The fourth-order valence-corrected chi connectivity index (χ4v) is 12.2. The van der Waals surface area contributed by atoms with E-state index in [2.05, 4.69) is 144 Å². The highest BCUT2D eigenvalue weighted by atomic mass is 32.1. The summed E-state index contributed by atoms with van der Waals surface area (Å²) >= 11 is 1.88. The minimum atomic E-state index is 0.196. The summed E-state index contributed by atoms with van der Waals surface area (Å²) in [6, 6.07) is 52.7. The van der Waals surface area contributed by atoms with Crippen LogP contribution in [0.25, 0.3) is 42.4 Å². The monoisotopic (exact) mass is 635 g/mol. The molecule has 0 aliphatic heterocycles. The molecule has 0 unspecified atom stereocenters. The third kappa shape index (κ3) is 3.73. The number of hydrogen-bond donors (Lipinski definition) is 0. The van der Waals surface area contributed by atoms with E-state index < -0.39 is 0 Å². The second-order valence-electron chi connectivity index (χ2n) is 14.9. The van der Waals surface area contributed by atoms with E-state index >= 15 is 0 Å². The van der Waals surface area contributed by atoms with Crippen LogP contribution in [0.2, 0.25) is 0 Å². The SMILES string of the molecule is c1ccc(N(c2ccc(-c3ccc4c(c3)C3(c5ccccc5-4)C4CC5CC(C4)CC3C5)cc2)c2cccc3sc4ccccc4c23)cc1. The molecule has 0 saturated heterocycles. The minimum Gasteiger partial charge on any atom is -0.310 e. The first-order valence-electron chi connectivity index (χ1n) is 17.9. The highest BCUT2D eigenvalue weighted by Crippen LogP contribution is 2.69. The van der Waals surface area contributed by atoms with Crippen molar-refractivity contribution in [2.24, 2.45) is 23.7 Å². The van der Waals surface area contributed by atoms with Crippen LogP contribution in [0.15, 0.2) is 140 Å². The predicted octanol–water partition coefficient (Wildman–Crippen LogP) is 12.9. The van der Waals surface area contributed by atoms with Gasteiger partial charge in [-0.15, -0.1) is 11.3 Å². The average molecular weight is 636 g/mol. The zero-order valence-electron chi connectivity index (χ0n) is 27.0. The van der Waals surface area contributed by atoms with E-state index in [1.807, 2.05) is 11.3 Å². The summed E-state index contributed by atoms with van der Waals surface area (Å²) in [5, 5.41) is 2.65. The lowest BCUT2D eigenvalue weighted by molar-refractivity contribution is -0.0399. The van der Waals surface area contributed by atoms with Crippen LogP contribution in [-0.2, 0) is 5.41 Å². The van der Waals surface area contributed by atoms with Gasteiger partial charge in [0.2, 0.25) is 0 Å². The van der Waals surface area contributed by atoms with E-state index in [-0.39, 0.29) is 5.41 Å². The zero-order chi connectivity index (χ0) is 31.4. The molecule has 4 saturated carbocycles. The number of nitrogens with zero attached hydrogens (tertiary/aromatic N) is 1. The minimum absolute atomic E-state index is 0.196. The lowest BCUT2D eigenvalue weighted by Crippen LogP contribution is -2.55. The Morgan fingerprint density at radius 2 is 1.15 bits per heavy atom. The molecule has 48 heavy (non-hydrogen) atoms. The molecule has 5 aliphatic rings. The van der Waals surface area contributed by atoms with Crippen molar-refractivity contribution in [3.8, 4) is 22.3 Å². The topological polar surface area (TPSA) is 3.24 Å². The first-order chi connectivity index (χ1) is 23.8. The van der Waals surface area contributed by atoms with Crippen molar-refractivity contribution >= 4 is 48.6 Å². The smallest absolute Gasteiger partial charge is 0.0554 e. The maximum atomic E-state index is 2.61. The van der Waals surface area contributed by atoms with Crippen molar-refractivity contribution in [1.82, 2.24) is 0 Å². The summed E-state index contributed by atoms with van der Waals surface area (Å²) in [7, 11) is 0. The largest absolute Gasteiger partial charge is 0.310 e. The van der Waals surface area contributed by atoms with Crippen molar-refractivity contribution in [1.29, 1.82) is 0 Å². The van der Waals surface area contributed by atoms with Gasteiger partial charge in [-0.1, -0.05) is 91.0 Å². The van der Waals surface area contributed by atoms with Gasteiger partial charge in [0.05, 0.1) is 5.69 Å². The molecule has 6 aromatic carbocycles. The van der Waals surface area contributed by atoms with Gasteiger partial charge in [-0.3, -0.25) is 0 Å². The Labute approximate surface area is 286 Å². The molecule has 232 valence electrons. The van der Waals surface area contributed by atoms with Crippen LogP contribution in [0.1, 0.15) is 43.2 Å². The average Bonchev–Trinajstić information content (AvgIpc) is 3.65. The maximum Gasteiger partial charge on any atom is 0.0554 e. The van der Waals surface area contributed by atoms with E-state index in [1.54, 1.807) is 11.1 Å². The van der Waals surface area contributed by atoms with Gasteiger partial charge >= 0.3 is 0 Å². The molecule has 4 fully saturated rings. The molecule has 2 heteroatoms. The van der Waals surface area contributed by atoms with Gasteiger partial charge in [-0.2, -0.15) is 0 Å². The van der Waals surface area contributed by atoms with Gasteiger partial charge in [0.15, 0.2) is 0 Å². The van der Waals surface area contributed by atoms with E-state index in [4.69, 9.17) is 0 Å². The molecule has 7 aromatic rings. The van der Waals surface area contributed by atoms with Crippen LogP contribution in [0.4, 0.5) is 17.1 Å². The summed E-state index contributed by atoms with van der Waals surface area (Å²) in [5.41, 5.74) is 12.7. The third-order valence-corrected chi connectivity index (χ3v) is 13.8. The standard InChI is InChI=1S/C46H37NS/c1-2-9-35(10-3-1)47(42-14-8-16-44-45(42)39-12-5-7-15-43(39)48-44)36-20-17-31(18-21-36)32-19-22-38-37-11-4-6-13-40(37)46(41(38)28-32)33-24-29-23-30(26-33)27-34(46)25-29/h1-22,28-30,33-34H,23-27H2. The molecular formula is C46H37NS. The van der Waals surface area contributed by atoms with E-state index in [0.29, 0.717) is 0 Å². The molecule has 1 nitrogen and oxygen atoms in total. The van der Waals surface area contributed by atoms with Crippen molar-refractivity contribution in [3.63, 3.8) is 0 Å². The van der Waals surface area contributed by atoms with Crippen LogP contribution >= 0.6 is 11.3 Å². The second-order valence-corrected chi connectivity index (χ2v) is 16.0. The van der Waals surface area contributed by atoms with Gasteiger partial charge in [0, 0.05) is 37.0 Å². The molecule has 12 rings (SSSR count). The Kier molecular flexibility index (Phi) is 5.79. The molecule has 5 aliphatic carbocycles. The van der Waals surface area contributed by atoms with E-state index in [1.165, 1.54) is 91.6 Å². The molecule has 1 heterocycles. The lowest BCUT2D eigenvalue weighted by Gasteiger charge is -2.61. The molecule has 1 spiro atoms. The highest BCUT2D eigenvalue weighted by Gasteiger charge is 2.61. The van der Waals surface area contributed by atoms with Gasteiger partial charge in [0.1, 0.15) is 0 Å².